The number of piperazine rings is 1. The molecule has 1 unspecified atom stereocenters. The zero-order chi connectivity index (χ0) is 15.8. The molecule has 1 atom stereocenters. The van der Waals surface area contributed by atoms with Crippen molar-refractivity contribution in [3.05, 3.63) is 12.7 Å². The number of likely N-dealkylation sites (N-methyl/N-ethyl adjacent to an activating group) is 1. The van der Waals surface area contributed by atoms with Crippen LogP contribution in [0.4, 0.5) is 4.79 Å². The highest BCUT2D eigenvalue weighted by atomic mass is 16.2. The van der Waals surface area contributed by atoms with Crippen LogP contribution in [0.25, 0.3) is 0 Å². The number of imide groups is 1. The van der Waals surface area contributed by atoms with Crippen LogP contribution in [0, 0.1) is 0 Å². The van der Waals surface area contributed by atoms with Crippen LogP contribution < -0.4 is 16.0 Å². The van der Waals surface area contributed by atoms with Crippen molar-refractivity contribution < 1.29 is 14.4 Å². The number of hydrogen-bond donors (Lipinski definition) is 3. The van der Waals surface area contributed by atoms with Gasteiger partial charge in [0, 0.05) is 40.3 Å². The molecule has 8 nitrogen and oxygen atoms in total. The van der Waals surface area contributed by atoms with Crippen molar-refractivity contribution in [3.63, 3.8) is 0 Å². The second-order valence-corrected chi connectivity index (χ2v) is 4.97. The van der Waals surface area contributed by atoms with Crippen molar-refractivity contribution in [2.75, 3.05) is 46.8 Å². The molecular formula is C13H23N5O3. The van der Waals surface area contributed by atoms with Gasteiger partial charge in [0.1, 0.15) is 6.04 Å². The smallest absolute Gasteiger partial charge is 0.321 e. The summed E-state index contributed by atoms with van der Waals surface area (Å²) in [6.07, 6.45) is 1.52. The number of amides is 4. The molecule has 3 N–H and O–H groups in total. The van der Waals surface area contributed by atoms with E-state index in [9.17, 15) is 14.4 Å². The third kappa shape index (κ3) is 5.52. The van der Waals surface area contributed by atoms with E-state index in [2.05, 4.69) is 22.5 Å². The second-order valence-electron chi connectivity index (χ2n) is 4.97. The van der Waals surface area contributed by atoms with Crippen LogP contribution in [0.1, 0.15) is 0 Å². The van der Waals surface area contributed by atoms with Crippen molar-refractivity contribution in [2.45, 2.75) is 6.04 Å². The molecule has 0 aromatic carbocycles. The molecule has 0 aromatic heterocycles. The lowest BCUT2D eigenvalue weighted by Gasteiger charge is -2.35. The largest absolute Gasteiger partial charge is 0.347 e. The number of carbonyl (C=O) groups excluding carboxylic acids is 3. The van der Waals surface area contributed by atoms with Gasteiger partial charge >= 0.3 is 6.03 Å². The van der Waals surface area contributed by atoms with Gasteiger partial charge in [-0.3, -0.25) is 19.8 Å². The maximum atomic E-state index is 12.1. The summed E-state index contributed by atoms with van der Waals surface area (Å²) in [4.78, 5) is 38.6. The number of nitrogens with one attached hydrogen (secondary N) is 3. The quantitative estimate of drug-likeness (QED) is 0.529. The minimum atomic E-state index is -0.564. The van der Waals surface area contributed by atoms with Crippen molar-refractivity contribution in [2.24, 2.45) is 0 Å². The first-order chi connectivity index (χ1) is 9.95. The predicted octanol–water partition coefficient (Wildman–Crippen LogP) is -1.64. The summed E-state index contributed by atoms with van der Waals surface area (Å²) in [6.45, 7) is 5.53. The Hall–Kier alpha value is -1.93. The molecule has 8 heteroatoms. The fraction of sp³-hybridized carbons (Fsp3) is 0.615. The third-order valence-electron chi connectivity index (χ3n) is 3.09. The normalized spacial score (nSPS) is 18.7. The van der Waals surface area contributed by atoms with E-state index in [1.807, 2.05) is 0 Å². The maximum absolute atomic E-state index is 12.1. The molecule has 0 saturated carbocycles. The van der Waals surface area contributed by atoms with E-state index in [-0.39, 0.29) is 19.0 Å². The monoisotopic (exact) mass is 297 g/mol. The molecule has 0 aliphatic carbocycles. The Morgan fingerprint density at radius 2 is 2.14 bits per heavy atom. The highest BCUT2D eigenvalue weighted by Gasteiger charge is 2.31. The van der Waals surface area contributed by atoms with Gasteiger partial charge in [-0.2, -0.15) is 0 Å². The van der Waals surface area contributed by atoms with Gasteiger partial charge in [-0.1, -0.05) is 6.08 Å². The molecule has 1 fully saturated rings. The van der Waals surface area contributed by atoms with Gasteiger partial charge in [-0.05, 0) is 0 Å². The number of carbonyl (C=O) groups is 3. The molecule has 118 valence electrons. The summed E-state index contributed by atoms with van der Waals surface area (Å²) in [5.41, 5.74) is 0. The van der Waals surface area contributed by atoms with Crippen molar-refractivity contribution in [1.29, 1.82) is 0 Å². The molecular weight excluding hydrogens is 274 g/mol. The lowest BCUT2D eigenvalue weighted by Crippen LogP contribution is -2.59. The molecule has 1 aliphatic rings. The topological polar surface area (TPSA) is 93.8 Å². The second kappa shape index (κ2) is 8.38. The van der Waals surface area contributed by atoms with E-state index >= 15 is 0 Å². The maximum Gasteiger partial charge on any atom is 0.321 e. The fourth-order valence-electron chi connectivity index (χ4n) is 2.04. The van der Waals surface area contributed by atoms with Crippen molar-refractivity contribution in [3.8, 4) is 0 Å². The van der Waals surface area contributed by atoms with Gasteiger partial charge in [0.2, 0.25) is 11.8 Å². The Bertz CT molecular complexity index is 411. The number of rotatable bonds is 5. The highest BCUT2D eigenvalue weighted by Crippen LogP contribution is 2.05. The van der Waals surface area contributed by atoms with Gasteiger partial charge in [0.15, 0.2) is 0 Å². The van der Waals surface area contributed by atoms with Gasteiger partial charge in [-0.25, -0.2) is 4.79 Å². The lowest BCUT2D eigenvalue weighted by molar-refractivity contribution is -0.136. The summed E-state index contributed by atoms with van der Waals surface area (Å²) >= 11 is 0. The number of hydrogen-bond acceptors (Lipinski definition) is 5. The first kappa shape index (κ1) is 17.1. The minimum Gasteiger partial charge on any atom is -0.347 e. The van der Waals surface area contributed by atoms with Gasteiger partial charge < -0.3 is 15.5 Å². The van der Waals surface area contributed by atoms with E-state index in [1.54, 1.807) is 19.0 Å². The summed E-state index contributed by atoms with van der Waals surface area (Å²) in [5.74, 6) is -0.499. The Morgan fingerprint density at radius 3 is 2.76 bits per heavy atom. The molecule has 4 amide bonds. The highest BCUT2D eigenvalue weighted by molar-refractivity contribution is 5.95. The van der Waals surface area contributed by atoms with Crippen LogP contribution in [0.3, 0.4) is 0 Å². The van der Waals surface area contributed by atoms with Crippen LogP contribution in [-0.2, 0) is 9.59 Å². The van der Waals surface area contributed by atoms with Crippen LogP contribution in [-0.4, -0.2) is 80.5 Å². The Labute approximate surface area is 124 Å². The molecule has 1 aliphatic heterocycles. The van der Waals surface area contributed by atoms with Gasteiger partial charge in [0.25, 0.3) is 0 Å². The molecule has 21 heavy (non-hydrogen) atoms. The lowest BCUT2D eigenvalue weighted by atomic mass is 10.1. The van der Waals surface area contributed by atoms with Crippen LogP contribution >= 0.6 is 0 Å². The van der Waals surface area contributed by atoms with Gasteiger partial charge in [0.05, 0.1) is 6.54 Å². The third-order valence-corrected chi connectivity index (χ3v) is 3.09. The molecule has 0 radical (unpaired) electrons. The van der Waals surface area contributed by atoms with Crippen molar-refractivity contribution >= 4 is 17.8 Å². The summed E-state index contributed by atoms with van der Waals surface area (Å²) in [7, 11) is 3.36. The average molecular weight is 297 g/mol. The standard InChI is InChI=1S/C13H23N5O3/c1-4-5-15-13(21)16-11(19)9-18-7-6-14-8-10(18)12(20)17(2)3/h4,10,14H,1,5-9H2,2-3H3,(H2,15,16,19,21). The molecule has 1 heterocycles. The molecule has 1 saturated heterocycles. The molecule has 0 aromatic rings. The zero-order valence-corrected chi connectivity index (χ0v) is 12.5. The van der Waals surface area contributed by atoms with E-state index in [4.69, 9.17) is 0 Å². The molecule has 0 bridgehead atoms. The van der Waals surface area contributed by atoms with E-state index < -0.39 is 18.0 Å². The van der Waals surface area contributed by atoms with Crippen LogP contribution in [0.2, 0.25) is 0 Å². The SMILES string of the molecule is C=CCNC(=O)NC(=O)CN1CCNCC1C(=O)N(C)C. The fourth-order valence-corrected chi connectivity index (χ4v) is 2.04. The van der Waals surface area contributed by atoms with Crippen LogP contribution in [0.5, 0.6) is 0 Å². The minimum absolute atomic E-state index is 0.00738. The summed E-state index contributed by atoms with van der Waals surface area (Å²) in [6, 6.07) is -0.957. The Kier molecular flexibility index (Phi) is 6.83. The van der Waals surface area contributed by atoms with Crippen LogP contribution in [0.15, 0.2) is 12.7 Å². The number of urea groups is 1. The van der Waals surface area contributed by atoms with E-state index in [0.29, 0.717) is 19.6 Å². The summed E-state index contributed by atoms with van der Waals surface area (Å²) in [5, 5.41) is 7.82. The predicted molar refractivity (Wildman–Crippen MR) is 78.7 cm³/mol. The first-order valence-electron chi connectivity index (χ1n) is 6.80. The number of nitrogens with zero attached hydrogens (tertiary/aromatic N) is 2. The molecule has 0 spiro atoms. The summed E-state index contributed by atoms with van der Waals surface area (Å²) < 4.78 is 0. The van der Waals surface area contributed by atoms with E-state index in [1.165, 1.54) is 11.0 Å². The van der Waals surface area contributed by atoms with Crippen molar-refractivity contribution in [1.82, 2.24) is 25.8 Å². The first-order valence-corrected chi connectivity index (χ1v) is 6.80. The zero-order valence-electron chi connectivity index (χ0n) is 12.5. The Morgan fingerprint density at radius 1 is 1.43 bits per heavy atom. The van der Waals surface area contributed by atoms with Gasteiger partial charge in [-0.15, -0.1) is 6.58 Å². The Balaban J connectivity index is 2.53. The van der Waals surface area contributed by atoms with E-state index in [0.717, 1.165) is 0 Å². The molecule has 1 rings (SSSR count). The average Bonchev–Trinajstić information content (AvgIpc) is 2.44.